The maximum atomic E-state index is 11.2. The molecule has 0 aromatic carbocycles. The molecule has 1 aliphatic heterocycles. The third kappa shape index (κ3) is 2.64. The van der Waals surface area contributed by atoms with Crippen LogP contribution in [-0.2, 0) is 13.0 Å². The maximum absolute atomic E-state index is 11.2. The lowest BCUT2D eigenvalue weighted by molar-refractivity contribution is 0.129. The topological polar surface area (TPSA) is 104 Å². The molecule has 8 heteroatoms. The van der Waals surface area contributed by atoms with Crippen molar-refractivity contribution in [1.29, 1.82) is 0 Å². The van der Waals surface area contributed by atoms with Gasteiger partial charge in [0, 0.05) is 6.42 Å². The van der Waals surface area contributed by atoms with Gasteiger partial charge >= 0.3 is 5.69 Å². The van der Waals surface area contributed by atoms with Crippen molar-refractivity contribution in [2.24, 2.45) is 0 Å². The van der Waals surface area contributed by atoms with Crippen LogP contribution in [0.1, 0.15) is 49.8 Å². The van der Waals surface area contributed by atoms with Gasteiger partial charge in [-0.2, -0.15) is 10.1 Å². The van der Waals surface area contributed by atoms with Crippen LogP contribution in [0, 0.1) is 0 Å². The zero-order chi connectivity index (χ0) is 13.9. The molecule has 0 saturated carbocycles. The Morgan fingerprint density at radius 2 is 2.35 bits per heavy atom. The summed E-state index contributed by atoms with van der Waals surface area (Å²) in [5.74, 6) is 2.03. The van der Waals surface area contributed by atoms with E-state index < -0.39 is 0 Å². The number of nitrogens with zero attached hydrogens (tertiary/aromatic N) is 4. The average Bonchev–Trinajstić information content (AvgIpc) is 3.08. The molecule has 3 rings (SSSR count). The highest BCUT2D eigenvalue weighted by atomic mass is 16.5. The summed E-state index contributed by atoms with van der Waals surface area (Å²) in [6, 6.07) is 0.103. The summed E-state index contributed by atoms with van der Waals surface area (Å²) in [6.07, 6.45) is 3.97. The molecule has 2 aromatic rings. The highest BCUT2D eigenvalue weighted by molar-refractivity contribution is 4.97. The Morgan fingerprint density at radius 3 is 3.05 bits per heavy atom. The van der Waals surface area contributed by atoms with E-state index in [-0.39, 0.29) is 11.7 Å². The fraction of sp³-hybridized carbons (Fsp3) is 0.667. The second kappa shape index (κ2) is 5.58. The molecule has 0 aliphatic carbocycles. The fourth-order valence-electron chi connectivity index (χ4n) is 2.61. The van der Waals surface area contributed by atoms with Crippen LogP contribution in [0.4, 0.5) is 0 Å². The number of hydrogen-bond acceptors (Lipinski definition) is 6. The largest absolute Gasteiger partial charge is 0.340 e. The van der Waals surface area contributed by atoms with Crippen LogP contribution in [0.15, 0.2) is 9.32 Å². The van der Waals surface area contributed by atoms with Crippen LogP contribution >= 0.6 is 0 Å². The highest BCUT2D eigenvalue weighted by Gasteiger charge is 2.27. The molecule has 2 N–H and O–H groups in total. The van der Waals surface area contributed by atoms with Crippen LogP contribution < -0.4 is 5.69 Å². The van der Waals surface area contributed by atoms with E-state index in [1.54, 1.807) is 0 Å². The average molecular weight is 278 g/mol. The van der Waals surface area contributed by atoms with E-state index in [4.69, 9.17) is 4.52 Å². The molecule has 1 saturated heterocycles. The molecule has 1 fully saturated rings. The monoisotopic (exact) mass is 278 g/mol. The molecule has 3 heterocycles. The second-order valence-electron chi connectivity index (χ2n) is 5.00. The minimum Gasteiger partial charge on any atom is -0.339 e. The number of H-pyrrole nitrogens is 2. The lowest BCUT2D eigenvalue weighted by Gasteiger charge is -2.33. The molecule has 0 spiro atoms. The smallest absolute Gasteiger partial charge is 0.339 e. The standard InChI is InChI=1S/C12H18N6O2/c1-2-10-13-9(17-20-10)7-18-6-4-3-5-8(18)11-14-12(19)16-15-11/h8H,2-7H2,1H3,(H2,14,15,16,19)/t8-/m0/s1. The van der Waals surface area contributed by atoms with Gasteiger partial charge in [-0.1, -0.05) is 18.5 Å². The van der Waals surface area contributed by atoms with Crippen LogP contribution in [0.5, 0.6) is 0 Å². The van der Waals surface area contributed by atoms with E-state index in [0.29, 0.717) is 24.1 Å². The molecular formula is C12H18N6O2. The van der Waals surface area contributed by atoms with Crippen LogP contribution in [-0.4, -0.2) is 36.8 Å². The molecule has 0 radical (unpaired) electrons. The summed E-state index contributed by atoms with van der Waals surface area (Å²) in [6.45, 7) is 3.54. The first kappa shape index (κ1) is 13.0. The lowest BCUT2D eigenvalue weighted by Crippen LogP contribution is -2.34. The van der Waals surface area contributed by atoms with Gasteiger partial charge in [0.2, 0.25) is 5.89 Å². The Hall–Kier alpha value is -1.96. The Morgan fingerprint density at radius 1 is 1.45 bits per heavy atom. The molecular weight excluding hydrogens is 260 g/mol. The number of nitrogens with one attached hydrogen (secondary N) is 2. The number of likely N-dealkylation sites (tertiary alicyclic amines) is 1. The summed E-state index contributed by atoms with van der Waals surface area (Å²) < 4.78 is 5.13. The summed E-state index contributed by atoms with van der Waals surface area (Å²) in [5, 5.41) is 10.5. The van der Waals surface area contributed by atoms with Crippen molar-refractivity contribution >= 4 is 0 Å². The summed E-state index contributed by atoms with van der Waals surface area (Å²) in [7, 11) is 0. The molecule has 0 amide bonds. The minimum absolute atomic E-state index is 0.103. The first-order chi connectivity index (χ1) is 9.76. The molecule has 20 heavy (non-hydrogen) atoms. The fourth-order valence-corrected chi connectivity index (χ4v) is 2.61. The Balaban J connectivity index is 1.76. The zero-order valence-electron chi connectivity index (χ0n) is 11.4. The van der Waals surface area contributed by atoms with Crippen molar-refractivity contribution < 1.29 is 4.52 Å². The molecule has 108 valence electrons. The first-order valence-corrected chi connectivity index (χ1v) is 6.96. The van der Waals surface area contributed by atoms with Gasteiger partial charge in [0.05, 0.1) is 12.6 Å². The van der Waals surface area contributed by atoms with Gasteiger partial charge in [-0.25, -0.2) is 9.89 Å². The van der Waals surface area contributed by atoms with E-state index in [9.17, 15) is 4.79 Å². The van der Waals surface area contributed by atoms with Crippen molar-refractivity contribution in [3.05, 3.63) is 28.0 Å². The first-order valence-electron chi connectivity index (χ1n) is 6.96. The predicted octanol–water partition coefficient (Wildman–Crippen LogP) is 0.771. The van der Waals surface area contributed by atoms with Crippen LogP contribution in [0.3, 0.4) is 0 Å². The van der Waals surface area contributed by atoms with Gasteiger partial charge in [0.25, 0.3) is 0 Å². The zero-order valence-corrected chi connectivity index (χ0v) is 11.4. The Bertz CT molecular complexity index is 615. The number of rotatable bonds is 4. The second-order valence-corrected chi connectivity index (χ2v) is 5.00. The number of piperidine rings is 1. The van der Waals surface area contributed by atoms with Crippen molar-refractivity contribution in [3.8, 4) is 0 Å². The van der Waals surface area contributed by atoms with Crippen LogP contribution in [0.2, 0.25) is 0 Å². The molecule has 1 atom stereocenters. The normalized spacial score (nSPS) is 20.4. The van der Waals surface area contributed by atoms with Gasteiger partial charge in [0.15, 0.2) is 5.82 Å². The molecule has 2 aromatic heterocycles. The lowest BCUT2D eigenvalue weighted by atomic mass is 10.0. The number of aromatic amines is 2. The quantitative estimate of drug-likeness (QED) is 0.856. The summed E-state index contributed by atoms with van der Waals surface area (Å²) in [5.41, 5.74) is -0.265. The predicted molar refractivity (Wildman–Crippen MR) is 69.9 cm³/mol. The summed E-state index contributed by atoms with van der Waals surface area (Å²) >= 11 is 0. The van der Waals surface area contributed by atoms with Crippen molar-refractivity contribution in [2.45, 2.75) is 45.2 Å². The van der Waals surface area contributed by atoms with Gasteiger partial charge in [-0.3, -0.25) is 9.88 Å². The van der Waals surface area contributed by atoms with Crippen molar-refractivity contribution in [1.82, 2.24) is 30.2 Å². The Labute approximate surface area is 115 Å². The highest BCUT2D eigenvalue weighted by Crippen LogP contribution is 2.29. The van der Waals surface area contributed by atoms with Crippen molar-refractivity contribution in [3.63, 3.8) is 0 Å². The number of aryl methyl sites for hydroxylation is 1. The van der Waals surface area contributed by atoms with E-state index in [1.807, 2.05) is 6.92 Å². The van der Waals surface area contributed by atoms with Crippen molar-refractivity contribution in [2.75, 3.05) is 6.54 Å². The van der Waals surface area contributed by atoms with E-state index in [0.717, 1.165) is 32.2 Å². The van der Waals surface area contributed by atoms with Gasteiger partial charge in [0.1, 0.15) is 5.82 Å². The molecule has 8 nitrogen and oxygen atoms in total. The van der Waals surface area contributed by atoms with Crippen LogP contribution in [0.25, 0.3) is 0 Å². The van der Waals surface area contributed by atoms with Gasteiger partial charge < -0.3 is 4.52 Å². The third-order valence-corrected chi connectivity index (χ3v) is 3.61. The molecule has 0 bridgehead atoms. The van der Waals surface area contributed by atoms with Gasteiger partial charge in [-0.05, 0) is 19.4 Å². The van der Waals surface area contributed by atoms with E-state index in [1.165, 1.54) is 0 Å². The number of aromatic nitrogens is 5. The van der Waals surface area contributed by atoms with Gasteiger partial charge in [-0.15, -0.1) is 0 Å². The Kier molecular flexibility index (Phi) is 3.64. The minimum atomic E-state index is -0.265. The maximum Gasteiger partial charge on any atom is 0.340 e. The van der Waals surface area contributed by atoms with E-state index >= 15 is 0 Å². The molecule has 0 unspecified atom stereocenters. The third-order valence-electron chi connectivity index (χ3n) is 3.61. The number of hydrogen-bond donors (Lipinski definition) is 2. The van der Waals surface area contributed by atoms with E-state index in [2.05, 4.69) is 30.2 Å². The molecule has 1 aliphatic rings. The summed E-state index contributed by atoms with van der Waals surface area (Å²) in [4.78, 5) is 20.5. The SMILES string of the molecule is CCc1nc(CN2CCCC[C@H]2c2n[nH]c(=O)[nH]2)no1.